The topological polar surface area (TPSA) is 150 Å². The summed E-state index contributed by atoms with van der Waals surface area (Å²) >= 11 is 5.78. The second-order valence-electron chi connectivity index (χ2n) is 13.8. The van der Waals surface area contributed by atoms with Crippen molar-refractivity contribution in [3.05, 3.63) is 129 Å². The summed E-state index contributed by atoms with van der Waals surface area (Å²) in [6, 6.07) is 20.8. The fourth-order valence-electron chi connectivity index (χ4n) is 7.02. The number of alkyl halides is 1. The number of nitrogens with one attached hydrogen (secondary N) is 3. The van der Waals surface area contributed by atoms with E-state index in [9.17, 15) is 19.2 Å². The fraction of sp³-hybridized carbons (Fsp3) is 0.318. The maximum Gasteiger partial charge on any atom is 0.196 e. The van der Waals surface area contributed by atoms with Gasteiger partial charge >= 0.3 is 0 Å². The molecule has 0 saturated carbocycles. The van der Waals surface area contributed by atoms with E-state index < -0.39 is 0 Å². The Kier molecular flexibility index (Phi) is 13.4. The van der Waals surface area contributed by atoms with Crippen LogP contribution in [0.1, 0.15) is 115 Å². The van der Waals surface area contributed by atoms with Crippen molar-refractivity contribution in [1.29, 1.82) is 0 Å². The molecule has 0 atom stereocenters. The average Bonchev–Trinajstić information content (AvgIpc) is 4.02. The van der Waals surface area contributed by atoms with E-state index in [0.29, 0.717) is 73.4 Å². The van der Waals surface area contributed by atoms with Crippen molar-refractivity contribution in [3.8, 4) is 0 Å². The highest BCUT2D eigenvalue weighted by Crippen LogP contribution is 2.33. The van der Waals surface area contributed by atoms with Crippen LogP contribution in [0.5, 0.6) is 0 Å². The van der Waals surface area contributed by atoms with Gasteiger partial charge in [0.1, 0.15) is 22.7 Å². The lowest BCUT2D eigenvalue weighted by atomic mass is 9.83. The van der Waals surface area contributed by atoms with Crippen LogP contribution in [-0.4, -0.2) is 88.4 Å². The predicted octanol–water partition coefficient (Wildman–Crippen LogP) is 7.67. The smallest absolute Gasteiger partial charge is 0.196 e. The third-order valence-corrected chi connectivity index (χ3v) is 9.92. The van der Waals surface area contributed by atoms with Gasteiger partial charge in [-0.1, -0.05) is 62.4 Å². The number of ether oxygens (including phenoxy) is 1. The number of nitrogens with zero attached hydrogens (tertiary/aromatic N) is 3. The average molecular weight is 775 g/mol. The molecule has 0 bridgehead atoms. The lowest BCUT2D eigenvalue weighted by Crippen LogP contribution is -2.21. The Bertz CT molecular complexity index is 2390. The first-order valence-electron chi connectivity index (χ1n) is 19.1. The van der Waals surface area contributed by atoms with Crippen LogP contribution in [-0.2, 0) is 17.2 Å². The quantitative estimate of drug-likeness (QED) is 0.139. The maximum atomic E-state index is 13.0. The summed E-state index contributed by atoms with van der Waals surface area (Å²) in [4.78, 5) is 68.5. The Labute approximate surface area is 331 Å². The molecule has 1 fully saturated rings. The van der Waals surface area contributed by atoms with Crippen LogP contribution in [0, 0.1) is 0 Å². The number of benzene rings is 4. The molecule has 0 spiro atoms. The minimum atomic E-state index is -0.168. The Morgan fingerprint density at radius 2 is 1.12 bits per heavy atom. The van der Waals surface area contributed by atoms with Crippen LogP contribution >= 0.6 is 11.6 Å². The van der Waals surface area contributed by atoms with Gasteiger partial charge in [-0.3, -0.25) is 24.1 Å². The second-order valence-corrected chi connectivity index (χ2v) is 14.1. The molecule has 1 aliphatic heterocycles. The first-order chi connectivity index (χ1) is 27.2. The largest absolute Gasteiger partial charge is 0.381 e. The Balaban J connectivity index is 0.000000154. The number of carbonyl (C=O) groups is 4. The van der Waals surface area contributed by atoms with Gasteiger partial charge in [0.05, 0.1) is 34.6 Å². The van der Waals surface area contributed by atoms with Gasteiger partial charge in [0, 0.05) is 46.6 Å². The number of fused-ring (bicyclic) bond motifs is 8. The number of halogens is 1. The summed E-state index contributed by atoms with van der Waals surface area (Å²) < 4.78 is 4.94. The van der Waals surface area contributed by atoms with Crippen molar-refractivity contribution in [2.45, 2.75) is 52.0 Å². The third kappa shape index (κ3) is 8.41. The number of hydrogen-bond acceptors (Lipinski definition) is 9. The second kappa shape index (κ2) is 18.5. The van der Waals surface area contributed by atoms with Crippen LogP contribution in [0.2, 0.25) is 0 Å². The molecule has 3 heterocycles. The lowest BCUT2D eigenvalue weighted by molar-refractivity contribution is 0.0980. The van der Waals surface area contributed by atoms with E-state index in [0.717, 1.165) is 44.1 Å². The van der Waals surface area contributed by atoms with E-state index >= 15 is 0 Å². The molecule has 0 radical (unpaired) electrons. The minimum absolute atomic E-state index is 0.111. The number of aromatic nitrogens is 4. The van der Waals surface area contributed by atoms with Crippen LogP contribution < -0.4 is 5.32 Å². The number of ketones is 4. The molecule has 6 aromatic rings. The molecule has 1 saturated heterocycles. The van der Waals surface area contributed by atoms with Gasteiger partial charge in [-0.25, -0.2) is 9.97 Å². The maximum absolute atomic E-state index is 13.0. The van der Waals surface area contributed by atoms with Gasteiger partial charge in [0.15, 0.2) is 23.1 Å². The first-order valence-corrected chi connectivity index (χ1v) is 19.6. The van der Waals surface area contributed by atoms with E-state index in [1.54, 1.807) is 66.7 Å². The van der Waals surface area contributed by atoms with E-state index in [2.05, 4.69) is 44.0 Å². The highest BCUT2D eigenvalue weighted by atomic mass is 35.5. The molecule has 12 heteroatoms. The monoisotopic (exact) mass is 774 g/mol. The van der Waals surface area contributed by atoms with Gasteiger partial charge in [0.2, 0.25) is 0 Å². The SMILES string of the molecule is C1CCOC1.CCCN(C)Cc1nc2c3c(ccc2[nH]1)C(=O)c1ccccc1C3=O.CCCNC.O=C1c2ccccc2C(=O)c2c1ccc1[nH]c(CCl)nc21. The number of hydrogen-bond donors (Lipinski definition) is 3. The van der Waals surface area contributed by atoms with Gasteiger partial charge in [-0.2, -0.15) is 0 Å². The predicted molar refractivity (Wildman–Crippen MR) is 219 cm³/mol. The molecule has 56 heavy (non-hydrogen) atoms. The first kappa shape index (κ1) is 40.3. The number of H-pyrrole nitrogens is 2. The molecule has 11 nitrogen and oxygen atoms in total. The van der Waals surface area contributed by atoms with E-state index in [1.807, 2.05) is 20.2 Å². The van der Waals surface area contributed by atoms with Crippen LogP contribution in [0.4, 0.5) is 0 Å². The summed E-state index contributed by atoms with van der Waals surface area (Å²) in [6.45, 7) is 9.07. The van der Waals surface area contributed by atoms with Crippen LogP contribution in [0.15, 0.2) is 72.8 Å². The zero-order chi connectivity index (χ0) is 39.8. The molecule has 2 aliphatic carbocycles. The van der Waals surface area contributed by atoms with Gasteiger partial charge in [0.25, 0.3) is 0 Å². The highest BCUT2D eigenvalue weighted by Gasteiger charge is 2.33. The van der Waals surface area contributed by atoms with Crippen LogP contribution in [0.3, 0.4) is 0 Å². The normalized spacial score (nSPS) is 13.9. The lowest BCUT2D eigenvalue weighted by Gasteiger charge is -2.17. The van der Waals surface area contributed by atoms with Gasteiger partial charge < -0.3 is 20.0 Å². The third-order valence-electron chi connectivity index (χ3n) is 9.66. The van der Waals surface area contributed by atoms with Crippen molar-refractivity contribution in [3.63, 3.8) is 0 Å². The molecular weight excluding hydrogens is 728 g/mol. The highest BCUT2D eigenvalue weighted by molar-refractivity contribution is 6.32. The van der Waals surface area contributed by atoms with Crippen molar-refractivity contribution in [2.75, 3.05) is 40.4 Å². The zero-order valence-corrected chi connectivity index (χ0v) is 33.0. The summed E-state index contributed by atoms with van der Waals surface area (Å²) in [7, 11) is 4.00. The Morgan fingerprint density at radius 1 is 0.661 bits per heavy atom. The number of rotatable bonds is 7. The number of imidazole rings is 2. The van der Waals surface area contributed by atoms with Crippen molar-refractivity contribution in [1.82, 2.24) is 30.2 Å². The molecule has 0 unspecified atom stereocenters. The number of aromatic amines is 2. The zero-order valence-electron chi connectivity index (χ0n) is 32.3. The molecule has 3 aliphatic rings. The summed E-state index contributed by atoms with van der Waals surface area (Å²) in [5.41, 5.74) is 6.03. The Morgan fingerprint density at radius 3 is 1.52 bits per heavy atom. The summed E-state index contributed by atoms with van der Waals surface area (Å²) in [5, 5.41) is 3.02. The number of carbonyl (C=O) groups excluding carboxylic acids is 4. The van der Waals surface area contributed by atoms with Crippen molar-refractivity contribution >= 4 is 56.8 Å². The van der Waals surface area contributed by atoms with Gasteiger partial charge in [-0.05, 0) is 77.1 Å². The summed E-state index contributed by atoms with van der Waals surface area (Å²) in [6.07, 6.45) is 4.85. The van der Waals surface area contributed by atoms with Gasteiger partial charge in [-0.15, -0.1) is 11.6 Å². The van der Waals surface area contributed by atoms with E-state index in [1.165, 1.54) is 19.3 Å². The standard InChI is InChI=1S/C20H19N3O2.C16H9ClN2O2.C4H11N.C4H8O/c1-3-10-23(2)11-16-21-15-9-8-14-17(18(15)22-16)20(25)13-7-5-4-6-12(13)19(14)24;17-7-12-18-11-6-5-10-13(14(11)19-12)16(21)9-4-2-1-3-8(9)15(10)20;1-3-4-5-2;1-2-4-5-3-1/h4-9H,3,10-11H2,1-2H3,(H,21,22);1-6H,7H2,(H,18,19);5H,3-4H2,1-2H3;1-4H2. The van der Waals surface area contributed by atoms with Crippen molar-refractivity contribution in [2.24, 2.45) is 0 Å². The molecule has 9 rings (SSSR count). The molecule has 3 N–H and O–H groups in total. The Hall–Kier alpha value is -5.33. The summed E-state index contributed by atoms with van der Waals surface area (Å²) in [5.74, 6) is 1.06. The van der Waals surface area contributed by atoms with Crippen LogP contribution in [0.25, 0.3) is 22.1 Å². The molecular formula is C44H47ClN6O5. The van der Waals surface area contributed by atoms with E-state index in [-0.39, 0.29) is 29.0 Å². The fourth-order valence-corrected chi connectivity index (χ4v) is 7.15. The van der Waals surface area contributed by atoms with E-state index in [4.69, 9.17) is 16.3 Å². The molecule has 290 valence electrons. The minimum Gasteiger partial charge on any atom is -0.381 e. The molecule has 0 amide bonds. The van der Waals surface area contributed by atoms with Crippen molar-refractivity contribution < 1.29 is 23.9 Å². The molecule has 2 aromatic heterocycles. The molecule has 4 aromatic carbocycles.